The number of carbonyl (C=O) groups is 2. The standard InChI is InChI=1S/C20H18F3N3O3/c1-12(27)25-14-6-4-13(5-7-14)11-19(2,29)18(28)26-15-8-9-17(24-3)16(10-15)20(21,22)23/h4-10,29H,11H2,1-2H3,(H,25,27)(H,26,28)/t19-/m0/s1. The molecule has 2 amide bonds. The van der Waals surface area contributed by atoms with Crippen molar-refractivity contribution in [3.8, 4) is 0 Å². The van der Waals surface area contributed by atoms with Crippen molar-refractivity contribution >= 4 is 28.9 Å². The van der Waals surface area contributed by atoms with Crippen molar-refractivity contribution in [1.29, 1.82) is 0 Å². The maximum atomic E-state index is 13.1. The minimum absolute atomic E-state index is 0.106. The molecule has 0 saturated carbocycles. The van der Waals surface area contributed by atoms with Gasteiger partial charge in [0.15, 0.2) is 5.69 Å². The Balaban J connectivity index is 2.15. The quantitative estimate of drug-likeness (QED) is 0.654. The van der Waals surface area contributed by atoms with Gasteiger partial charge in [-0.25, -0.2) is 4.85 Å². The van der Waals surface area contributed by atoms with Gasteiger partial charge in [-0.2, -0.15) is 13.2 Å². The van der Waals surface area contributed by atoms with E-state index in [0.717, 1.165) is 6.07 Å². The van der Waals surface area contributed by atoms with Crippen LogP contribution >= 0.6 is 0 Å². The van der Waals surface area contributed by atoms with Gasteiger partial charge in [0.2, 0.25) is 5.91 Å². The molecule has 0 radical (unpaired) electrons. The average molecular weight is 405 g/mol. The summed E-state index contributed by atoms with van der Waals surface area (Å²) in [7, 11) is 0. The molecule has 2 rings (SSSR count). The second-order valence-electron chi connectivity index (χ2n) is 6.62. The Labute approximate surface area is 165 Å². The summed E-state index contributed by atoms with van der Waals surface area (Å²) in [6.07, 6.45) is -4.86. The van der Waals surface area contributed by atoms with Crippen LogP contribution < -0.4 is 10.6 Å². The zero-order valence-electron chi connectivity index (χ0n) is 15.6. The van der Waals surface area contributed by atoms with Crippen molar-refractivity contribution in [3.63, 3.8) is 0 Å². The minimum atomic E-state index is -4.75. The molecule has 0 bridgehead atoms. The number of hydrogen-bond acceptors (Lipinski definition) is 3. The Morgan fingerprint density at radius 1 is 1.07 bits per heavy atom. The Kier molecular flexibility index (Phi) is 6.29. The van der Waals surface area contributed by atoms with Crippen molar-refractivity contribution in [2.24, 2.45) is 0 Å². The number of halogens is 3. The van der Waals surface area contributed by atoms with E-state index in [1.165, 1.54) is 19.9 Å². The first kappa shape index (κ1) is 21.9. The van der Waals surface area contributed by atoms with E-state index < -0.39 is 28.9 Å². The van der Waals surface area contributed by atoms with Crippen LogP contribution in [0.15, 0.2) is 42.5 Å². The average Bonchev–Trinajstić information content (AvgIpc) is 2.62. The molecule has 0 heterocycles. The molecule has 6 nitrogen and oxygen atoms in total. The zero-order chi connectivity index (χ0) is 21.8. The Morgan fingerprint density at radius 2 is 1.66 bits per heavy atom. The number of aliphatic hydroxyl groups is 1. The zero-order valence-corrected chi connectivity index (χ0v) is 15.6. The van der Waals surface area contributed by atoms with Crippen LogP contribution in [0.3, 0.4) is 0 Å². The van der Waals surface area contributed by atoms with Gasteiger partial charge in [0, 0.05) is 24.7 Å². The third kappa shape index (κ3) is 5.80. The third-order valence-corrected chi connectivity index (χ3v) is 3.99. The van der Waals surface area contributed by atoms with Gasteiger partial charge < -0.3 is 15.7 Å². The lowest BCUT2D eigenvalue weighted by Gasteiger charge is -2.23. The Bertz CT molecular complexity index is 962. The predicted molar refractivity (Wildman–Crippen MR) is 101 cm³/mol. The molecule has 0 aliphatic heterocycles. The van der Waals surface area contributed by atoms with Gasteiger partial charge in [-0.3, -0.25) is 9.59 Å². The summed E-state index contributed by atoms with van der Waals surface area (Å²) in [4.78, 5) is 26.3. The molecule has 2 aromatic rings. The van der Waals surface area contributed by atoms with Crippen LogP contribution in [0.25, 0.3) is 4.85 Å². The van der Waals surface area contributed by atoms with E-state index in [-0.39, 0.29) is 18.0 Å². The lowest BCUT2D eigenvalue weighted by atomic mass is 9.95. The fraction of sp³-hybridized carbons (Fsp3) is 0.250. The first-order valence-corrected chi connectivity index (χ1v) is 8.41. The number of nitrogens with zero attached hydrogens (tertiary/aromatic N) is 1. The fourth-order valence-corrected chi connectivity index (χ4v) is 2.59. The predicted octanol–water partition coefficient (Wildman–Crippen LogP) is 4.15. The topological polar surface area (TPSA) is 82.8 Å². The molecule has 0 fully saturated rings. The molecule has 152 valence electrons. The summed E-state index contributed by atoms with van der Waals surface area (Å²) in [6, 6.07) is 9.20. The molecule has 9 heteroatoms. The number of nitrogens with one attached hydrogen (secondary N) is 2. The number of carbonyl (C=O) groups excluding carboxylic acids is 2. The van der Waals surface area contributed by atoms with Crippen molar-refractivity contribution in [2.75, 3.05) is 10.6 Å². The summed E-state index contributed by atoms with van der Waals surface area (Å²) in [5, 5.41) is 15.3. The van der Waals surface area contributed by atoms with E-state index in [4.69, 9.17) is 6.57 Å². The lowest BCUT2D eigenvalue weighted by Crippen LogP contribution is -2.42. The van der Waals surface area contributed by atoms with Crippen LogP contribution in [0.2, 0.25) is 0 Å². The highest BCUT2D eigenvalue weighted by Crippen LogP contribution is 2.38. The normalized spacial score (nSPS) is 13.1. The van der Waals surface area contributed by atoms with Gasteiger partial charge in [0.25, 0.3) is 5.91 Å². The molecule has 0 aliphatic rings. The van der Waals surface area contributed by atoms with E-state index in [2.05, 4.69) is 15.5 Å². The van der Waals surface area contributed by atoms with Gasteiger partial charge in [0.05, 0.1) is 12.1 Å². The van der Waals surface area contributed by atoms with E-state index in [1.54, 1.807) is 24.3 Å². The van der Waals surface area contributed by atoms with Crippen molar-refractivity contribution < 1.29 is 27.9 Å². The molecule has 0 aliphatic carbocycles. The number of alkyl halides is 3. The van der Waals surface area contributed by atoms with Crippen molar-refractivity contribution in [2.45, 2.75) is 32.0 Å². The SMILES string of the molecule is [C-]#[N+]c1ccc(NC(=O)[C@@](C)(O)Cc2ccc(NC(C)=O)cc2)cc1C(F)(F)F. The minimum Gasteiger partial charge on any atom is -0.380 e. The second-order valence-corrected chi connectivity index (χ2v) is 6.62. The van der Waals surface area contributed by atoms with Gasteiger partial charge in [-0.05, 0) is 36.8 Å². The molecule has 29 heavy (non-hydrogen) atoms. The lowest BCUT2D eigenvalue weighted by molar-refractivity contribution is -0.137. The maximum Gasteiger partial charge on any atom is 0.407 e. The second kappa shape index (κ2) is 8.32. The van der Waals surface area contributed by atoms with Crippen LogP contribution in [0.1, 0.15) is 25.0 Å². The summed E-state index contributed by atoms with van der Waals surface area (Å²) >= 11 is 0. The highest BCUT2D eigenvalue weighted by molar-refractivity contribution is 5.97. The largest absolute Gasteiger partial charge is 0.407 e. The number of hydrogen-bond donors (Lipinski definition) is 3. The molecule has 0 spiro atoms. The maximum absolute atomic E-state index is 13.1. The first-order valence-electron chi connectivity index (χ1n) is 8.41. The molecule has 2 aromatic carbocycles. The van der Waals surface area contributed by atoms with Gasteiger partial charge in [0.1, 0.15) is 5.60 Å². The smallest absolute Gasteiger partial charge is 0.380 e. The fourth-order valence-electron chi connectivity index (χ4n) is 2.59. The van der Waals surface area contributed by atoms with E-state index in [9.17, 15) is 27.9 Å². The highest BCUT2D eigenvalue weighted by atomic mass is 19.4. The van der Waals surface area contributed by atoms with Gasteiger partial charge >= 0.3 is 6.18 Å². The molecule has 0 saturated heterocycles. The van der Waals surface area contributed by atoms with Crippen LogP contribution in [-0.4, -0.2) is 22.5 Å². The molecular weight excluding hydrogens is 387 g/mol. The summed E-state index contributed by atoms with van der Waals surface area (Å²) < 4.78 is 39.2. The monoisotopic (exact) mass is 405 g/mol. The molecular formula is C20H18F3N3O3. The molecule has 0 unspecified atom stereocenters. The van der Waals surface area contributed by atoms with E-state index in [0.29, 0.717) is 17.3 Å². The number of benzene rings is 2. The van der Waals surface area contributed by atoms with Crippen LogP contribution in [-0.2, 0) is 22.2 Å². The summed E-state index contributed by atoms with van der Waals surface area (Å²) in [5.74, 6) is -1.14. The van der Waals surface area contributed by atoms with Crippen molar-refractivity contribution in [1.82, 2.24) is 0 Å². The number of amides is 2. The van der Waals surface area contributed by atoms with E-state index in [1.807, 2.05) is 0 Å². The van der Waals surface area contributed by atoms with Crippen molar-refractivity contribution in [3.05, 3.63) is 65.0 Å². The number of rotatable bonds is 5. The highest BCUT2D eigenvalue weighted by Gasteiger charge is 2.35. The third-order valence-electron chi connectivity index (χ3n) is 3.99. The van der Waals surface area contributed by atoms with Gasteiger partial charge in [-0.1, -0.05) is 18.2 Å². The molecule has 0 aromatic heterocycles. The van der Waals surface area contributed by atoms with Crippen LogP contribution in [0.4, 0.5) is 30.2 Å². The Morgan fingerprint density at radius 3 is 2.17 bits per heavy atom. The van der Waals surface area contributed by atoms with Crippen LogP contribution in [0, 0.1) is 6.57 Å². The van der Waals surface area contributed by atoms with Crippen LogP contribution in [0.5, 0.6) is 0 Å². The Hall–Kier alpha value is -3.38. The molecule has 3 N–H and O–H groups in total. The number of anilines is 2. The van der Waals surface area contributed by atoms with Gasteiger partial charge in [-0.15, -0.1) is 0 Å². The summed E-state index contributed by atoms with van der Waals surface area (Å²) in [6.45, 7) is 9.43. The van der Waals surface area contributed by atoms with E-state index >= 15 is 0 Å². The summed E-state index contributed by atoms with van der Waals surface area (Å²) in [5.41, 5.74) is -2.72. The first-order chi connectivity index (χ1) is 13.4. The molecule has 1 atom stereocenters.